The molecule has 1 heterocycles. The van der Waals surface area contributed by atoms with Gasteiger partial charge < -0.3 is 20.0 Å². The first-order valence-corrected chi connectivity index (χ1v) is 7.67. The summed E-state index contributed by atoms with van der Waals surface area (Å²) in [5.41, 5.74) is 2.83. The van der Waals surface area contributed by atoms with Gasteiger partial charge in [-0.2, -0.15) is 5.10 Å². The number of phenols is 1. The average Bonchev–Trinajstić information content (AvgIpc) is 2.90. The number of ether oxygens (including phenoxy) is 1. The van der Waals surface area contributed by atoms with Crippen molar-refractivity contribution in [3.63, 3.8) is 0 Å². The topological polar surface area (TPSA) is 132 Å². The van der Waals surface area contributed by atoms with Crippen LogP contribution in [0.15, 0.2) is 27.9 Å². The van der Waals surface area contributed by atoms with Crippen LogP contribution in [0, 0.1) is 17.0 Å². The number of amides is 1. The number of rotatable bonds is 6. The molecule has 2 rings (SSSR count). The summed E-state index contributed by atoms with van der Waals surface area (Å²) in [7, 11) is 1.41. The van der Waals surface area contributed by atoms with Gasteiger partial charge in [-0.15, -0.1) is 0 Å². The van der Waals surface area contributed by atoms with E-state index in [2.05, 4.69) is 31.4 Å². The fourth-order valence-corrected chi connectivity index (χ4v) is 2.40. The Morgan fingerprint density at radius 1 is 1.60 bits per heavy atom. The van der Waals surface area contributed by atoms with Gasteiger partial charge in [-0.3, -0.25) is 4.79 Å². The molecular weight excluding hydrogens is 398 g/mol. The lowest BCUT2D eigenvalue weighted by Gasteiger charge is -2.06. The number of nitro groups is 1. The van der Waals surface area contributed by atoms with Crippen molar-refractivity contribution in [1.29, 1.82) is 0 Å². The highest BCUT2D eigenvalue weighted by atomic mass is 79.9. The Kier molecular flexibility index (Phi) is 5.70. The molecule has 0 aliphatic rings. The van der Waals surface area contributed by atoms with Crippen LogP contribution in [0.5, 0.6) is 11.5 Å². The van der Waals surface area contributed by atoms with Crippen LogP contribution in [0.1, 0.15) is 11.4 Å². The smallest absolute Gasteiger partial charge is 0.343 e. The summed E-state index contributed by atoms with van der Waals surface area (Å²) < 4.78 is 6.71. The molecule has 0 atom stereocenters. The maximum Gasteiger partial charge on any atom is 0.343 e. The van der Waals surface area contributed by atoms with E-state index in [0.29, 0.717) is 15.9 Å². The molecule has 1 aromatic carbocycles. The number of aromatic hydroxyl groups is 1. The summed E-state index contributed by atoms with van der Waals surface area (Å²) in [6, 6.07) is 2.96. The van der Waals surface area contributed by atoms with E-state index in [4.69, 9.17) is 4.74 Å². The Balaban J connectivity index is 2.07. The number of nitrogens with zero attached hydrogens (tertiary/aromatic N) is 4. The van der Waals surface area contributed by atoms with E-state index in [1.807, 2.05) is 0 Å². The highest BCUT2D eigenvalue weighted by molar-refractivity contribution is 9.10. The van der Waals surface area contributed by atoms with E-state index in [-0.39, 0.29) is 23.9 Å². The predicted octanol–water partition coefficient (Wildman–Crippen LogP) is 1.73. The molecule has 0 fully saturated rings. The Bertz CT molecular complexity index is 848. The zero-order valence-corrected chi connectivity index (χ0v) is 14.8. The van der Waals surface area contributed by atoms with Gasteiger partial charge in [0.05, 0.1) is 13.3 Å². The van der Waals surface area contributed by atoms with Gasteiger partial charge in [0.2, 0.25) is 0 Å². The number of imidazole rings is 1. The number of phenolic OH excluding ortho intramolecular Hbond substituents is 1. The van der Waals surface area contributed by atoms with E-state index in [9.17, 15) is 20.0 Å². The van der Waals surface area contributed by atoms with Crippen molar-refractivity contribution >= 4 is 33.9 Å². The van der Waals surface area contributed by atoms with Crippen molar-refractivity contribution in [3.8, 4) is 11.5 Å². The molecule has 10 nitrogen and oxygen atoms in total. The van der Waals surface area contributed by atoms with Gasteiger partial charge in [-0.05, 0) is 33.0 Å². The number of aryl methyl sites for hydroxylation is 1. The number of carbonyl (C=O) groups is 1. The van der Waals surface area contributed by atoms with Crippen molar-refractivity contribution in [2.75, 3.05) is 7.11 Å². The van der Waals surface area contributed by atoms with Crippen molar-refractivity contribution < 1.29 is 19.6 Å². The molecule has 0 spiro atoms. The van der Waals surface area contributed by atoms with Crippen LogP contribution in [0.3, 0.4) is 0 Å². The quantitative estimate of drug-likeness (QED) is 0.422. The van der Waals surface area contributed by atoms with Crippen molar-refractivity contribution in [2.45, 2.75) is 13.5 Å². The molecule has 0 radical (unpaired) electrons. The number of aromatic nitrogens is 2. The first-order chi connectivity index (χ1) is 11.8. The highest BCUT2D eigenvalue weighted by Gasteiger charge is 2.19. The number of benzene rings is 1. The van der Waals surface area contributed by atoms with E-state index < -0.39 is 10.8 Å². The van der Waals surface area contributed by atoms with Crippen LogP contribution in [0.2, 0.25) is 0 Å². The van der Waals surface area contributed by atoms with Crippen molar-refractivity contribution in [1.82, 2.24) is 15.0 Å². The van der Waals surface area contributed by atoms with Crippen molar-refractivity contribution in [2.24, 2.45) is 5.10 Å². The second-order valence-electron chi connectivity index (χ2n) is 4.85. The molecular formula is C14H14BrN5O5. The zero-order valence-electron chi connectivity index (χ0n) is 13.3. The van der Waals surface area contributed by atoms with Crippen LogP contribution in [0.4, 0.5) is 5.82 Å². The van der Waals surface area contributed by atoms with Crippen LogP contribution in [0.25, 0.3) is 0 Å². The summed E-state index contributed by atoms with van der Waals surface area (Å²) in [6.07, 6.45) is 2.44. The number of hydrazone groups is 1. The minimum absolute atomic E-state index is 0.0431. The van der Waals surface area contributed by atoms with Crippen LogP contribution in [-0.2, 0) is 11.3 Å². The molecule has 0 bridgehead atoms. The fraction of sp³-hybridized carbons (Fsp3) is 0.214. The molecule has 1 aromatic heterocycles. The van der Waals surface area contributed by atoms with E-state index in [1.54, 1.807) is 6.92 Å². The van der Waals surface area contributed by atoms with E-state index >= 15 is 0 Å². The Labute approximate surface area is 150 Å². The number of hydrogen-bond donors (Lipinski definition) is 2. The van der Waals surface area contributed by atoms with Crippen LogP contribution >= 0.6 is 15.9 Å². The Morgan fingerprint density at radius 2 is 2.32 bits per heavy atom. The van der Waals surface area contributed by atoms with Crippen molar-refractivity contribution in [3.05, 3.63) is 44.3 Å². The summed E-state index contributed by atoms with van der Waals surface area (Å²) >= 11 is 3.25. The lowest BCUT2D eigenvalue weighted by molar-refractivity contribution is -0.392. The average molecular weight is 412 g/mol. The number of nitrogens with one attached hydrogen (secondary N) is 1. The Hall–Kier alpha value is -2.95. The summed E-state index contributed by atoms with van der Waals surface area (Å²) in [6.45, 7) is 1.27. The SMILES string of the molecule is COc1cc(/C=N\NC(=O)Cn2c([N+](=O)[O-])cnc2C)c(Br)cc1O. The number of methoxy groups -OCH3 is 1. The molecule has 0 saturated carbocycles. The third-order valence-electron chi connectivity index (χ3n) is 3.21. The van der Waals surface area contributed by atoms with E-state index in [1.165, 1.54) is 30.0 Å². The third-order valence-corrected chi connectivity index (χ3v) is 3.90. The molecule has 1 amide bonds. The third kappa shape index (κ3) is 4.32. The van der Waals surface area contributed by atoms with Crippen LogP contribution in [-0.4, -0.2) is 38.8 Å². The van der Waals surface area contributed by atoms with Gasteiger partial charge in [0, 0.05) is 17.0 Å². The largest absolute Gasteiger partial charge is 0.504 e. The van der Waals surface area contributed by atoms with Gasteiger partial charge >= 0.3 is 5.82 Å². The molecule has 25 heavy (non-hydrogen) atoms. The standard InChI is InChI=1S/C14H14BrN5O5/c1-8-16-6-14(20(23)24)19(8)7-13(22)18-17-5-9-3-12(25-2)11(21)4-10(9)15/h3-6,21H,7H2,1-2H3,(H,18,22)/b17-5-. The lowest BCUT2D eigenvalue weighted by Crippen LogP contribution is -2.24. The van der Waals surface area contributed by atoms with E-state index in [0.717, 1.165) is 6.20 Å². The second-order valence-corrected chi connectivity index (χ2v) is 5.70. The predicted molar refractivity (Wildman–Crippen MR) is 91.7 cm³/mol. The van der Waals surface area contributed by atoms with Gasteiger partial charge in [0.1, 0.15) is 6.20 Å². The molecule has 0 unspecified atom stereocenters. The molecule has 0 aliphatic heterocycles. The zero-order chi connectivity index (χ0) is 18.6. The number of hydrogen-bond acceptors (Lipinski definition) is 7. The molecule has 2 N–H and O–H groups in total. The monoisotopic (exact) mass is 411 g/mol. The minimum Gasteiger partial charge on any atom is -0.504 e. The number of carbonyl (C=O) groups excluding carboxylic acids is 1. The molecule has 2 aromatic rings. The summed E-state index contributed by atoms with van der Waals surface area (Å²) in [5, 5.41) is 24.3. The van der Waals surface area contributed by atoms with Gasteiger partial charge in [-0.25, -0.2) is 15.0 Å². The first-order valence-electron chi connectivity index (χ1n) is 6.88. The Morgan fingerprint density at radius 3 is 2.96 bits per heavy atom. The molecule has 132 valence electrons. The maximum absolute atomic E-state index is 11.9. The molecule has 0 aliphatic carbocycles. The molecule has 0 saturated heterocycles. The summed E-state index contributed by atoms with van der Waals surface area (Å²) in [4.78, 5) is 26.0. The first kappa shape index (κ1) is 18.4. The van der Waals surface area contributed by atoms with Crippen LogP contribution < -0.4 is 10.2 Å². The van der Waals surface area contributed by atoms with Gasteiger partial charge in [0.15, 0.2) is 23.9 Å². The lowest BCUT2D eigenvalue weighted by atomic mass is 10.2. The maximum atomic E-state index is 11.9. The molecule has 11 heteroatoms. The van der Waals surface area contributed by atoms with Gasteiger partial charge in [0.25, 0.3) is 5.91 Å². The fourth-order valence-electron chi connectivity index (χ4n) is 1.97. The second kappa shape index (κ2) is 7.75. The highest BCUT2D eigenvalue weighted by Crippen LogP contribution is 2.31. The summed E-state index contributed by atoms with van der Waals surface area (Å²) in [5.74, 6) is -0.277. The minimum atomic E-state index is -0.615. The normalized spacial score (nSPS) is 10.8. The number of halogens is 1. The van der Waals surface area contributed by atoms with Gasteiger partial charge in [-0.1, -0.05) is 0 Å².